The zero-order valence-electron chi connectivity index (χ0n) is 27.9. The molecule has 1 aromatic carbocycles. The van der Waals surface area contributed by atoms with E-state index in [-0.39, 0.29) is 44.4 Å². The molecular formula is C38H55NO5. The van der Waals surface area contributed by atoms with Gasteiger partial charge in [-0.25, -0.2) is 9.59 Å². The van der Waals surface area contributed by atoms with Crippen LogP contribution in [0.4, 0.5) is 10.5 Å². The van der Waals surface area contributed by atoms with Crippen LogP contribution in [0.5, 0.6) is 0 Å². The molecule has 1 aromatic rings. The molecule has 6 heteroatoms. The van der Waals surface area contributed by atoms with Crippen molar-refractivity contribution in [1.29, 1.82) is 0 Å². The fourth-order valence-corrected chi connectivity index (χ4v) is 12.7. The van der Waals surface area contributed by atoms with E-state index in [1.807, 2.05) is 0 Å². The predicted molar refractivity (Wildman–Crippen MR) is 173 cm³/mol. The maximum absolute atomic E-state index is 13.4. The van der Waals surface area contributed by atoms with Crippen LogP contribution < -0.4 is 5.32 Å². The minimum atomic E-state index is -1.20. The summed E-state index contributed by atoms with van der Waals surface area (Å²) >= 11 is 0. The summed E-state index contributed by atoms with van der Waals surface area (Å²) in [4.78, 5) is 24.8. The summed E-state index contributed by atoms with van der Waals surface area (Å²) in [5.74, 6) is 2.13. The van der Waals surface area contributed by atoms with Crippen molar-refractivity contribution in [3.63, 3.8) is 0 Å². The molecule has 0 bridgehead atoms. The molecule has 6 nitrogen and oxygen atoms in total. The van der Waals surface area contributed by atoms with Crippen molar-refractivity contribution in [3.8, 4) is 0 Å². The summed E-state index contributed by atoms with van der Waals surface area (Å²) in [7, 11) is 0. The van der Waals surface area contributed by atoms with E-state index in [1.54, 1.807) is 24.3 Å². The second-order valence-electron chi connectivity index (χ2n) is 17.0. The van der Waals surface area contributed by atoms with Crippen LogP contribution in [0.1, 0.15) is 116 Å². The smallest absolute Gasteiger partial charge is 0.409 e. The summed E-state index contributed by atoms with van der Waals surface area (Å²) in [6.07, 6.45) is 9.80. The van der Waals surface area contributed by atoms with Crippen molar-refractivity contribution in [1.82, 2.24) is 0 Å². The molecule has 0 saturated heterocycles. The van der Waals surface area contributed by atoms with Crippen LogP contribution in [-0.2, 0) is 4.74 Å². The molecule has 5 aliphatic carbocycles. The van der Waals surface area contributed by atoms with Gasteiger partial charge in [0, 0.05) is 5.41 Å². The first-order valence-electron chi connectivity index (χ1n) is 17.2. The Kier molecular flexibility index (Phi) is 7.62. The van der Waals surface area contributed by atoms with E-state index in [1.165, 1.54) is 31.3 Å². The maximum atomic E-state index is 13.4. The number of esters is 1. The number of carbonyl (C=O) groups is 2. The Balaban J connectivity index is 1.30. The van der Waals surface area contributed by atoms with Gasteiger partial charge in [0.15, 0.2) is 0 Å². The van der Waals surface area contributed by atoms with Gasteiger partial charge in [-0.3, -0.25) is 5.32 Å². The Morgan fingerprint density at radius 2 is 1.64 bits per heavy atom. The topological polar surface area (TPSA) is 95.9 Å². The highest BCUT2D eigenvalue weighted by atomic mass is 16.5. The summed E-state index contributed by atoms with van der Waals surface area (Å²) in [5.41, 5.74) is 2.31. The molecule has 6 rings (SSSR count). The number of nitrogens with one attached hydrogen (secondary N) is 1. The average Bonchev–Trinajstić information content (AvgIpc) is 3.35. The lowest BCUT2D eigenvalue weighted by atomic mass is 9.32. The van der Waals surface area contributed by atoms with E-state index in [4.69, 9.17) is 4.74 Å². The minimum Gasteiger partial charge on any atom is -0.465 e. The Morgan fingerprint density at radius 3 is 2.34 bits per heavy atom. The molecule has 5 aliphatic rings. The number of hydrogen-bond acceptors (Lipinski definition) is 4. The van der Waals surface area contributed by atoms with E-state index in [0.717, 1.165) is 38.5 Å². The van der Waals surface area contributed by atoms with Gasteiger partial charge in [0.25, 0.3) is 0 Å². The monoisotopic (exact) mass is 605 g/mol. The molecule has 0 radical (unpaired) electrons. The fourth-order valence-electron chi connectivity index (χ4n) is 12.7. The molecule has 242 valence electrons. The van der Waals surface area contributed by atoms with Gasteiger partial charge in [-0.1, -0.05) is 58.9 Å². The standard InChI is InChI=1S/C38H55NO5/c1-23(2)24-14-19-38(22-44-32(41)25-10-8-9-11-27(25)39-33(42)43)21-20-36(6)26(31(24)38)12-13-29-35(5)17-16-30(40)34(3,4)28(35)15-18-37(29,36)7/h8-11,24,26,28-31,39-40H,1,12-22H2,2-7H3,(H,42,43)/t24-,26?,28?,29?,30-,31?,35-,36+,37+,38+/m0/s1. The number of fused-ring (bicyclic) bond motifs is 7. The number of ether oxygens (including phenoxy) is 1. The SMILES string of the molecule is C=C(C)[C@@H]1CC[C@]2(COC(=O)c3ccccc3NC(=O)O)CC[C@]3(C)C(CCC4[C@@]5(C)CC[C@H](O)C(C)(C)C5CC[C@]43C)C12. The summed E-state index contributed by atoms with van der Waals surface area (Å²) < 4.78 is 6.16. The molecule has 44 heavy (non-hydrogen) atoms. The molecule has 5 fully saturated rings. The van der Waals surface area contributed by atoms with E-state index in [9.17, 15) is 19.8 Å². The molecular weight excluding hydrogens is 550 g/mol. The number of aliphatic hydroxyl groups excluding tert-OH is 1. The van der Waals surface area contributed by atoms with Gasteiger partial charge < -0.3 is 14.9 Å². The third-order valence-electron chi connectivity index (χ3n) is 15.1. The highest BCUT2D eigenvalue weighted by molar-refractivity contribution is 5.99. The number of benzene rings is 1. The Labute approximate surface area is 264 Å². The van der Waals surface area contributed by atoms with Crippen LogP contribution in [0.15, 0.2) is 36.4 Å². The Bertz CT molecular complexity index is 1340. The van der Waals surface area contributed by atoms with Crippen LogP contribution in [0, 0.1) is 56.7 Å². The molecule has 0 aliphatic heterocycles. The molecule has 0 heterocycles. The van der Waals surface area contributed by atoms with Crippen LogP contribution in [0.25, 0.3) is 0 Å². The lowest BCUT2D eigenvalue weighted by Gasteiger charge is -2.73. The molecule has 0 aromatic heterocycles. The van der Waals surface area contributed by atoms with E-state index < -0.39 is 12.1 Å². The van der Waals surface area contributed by atoms with Gasteiger partial charge in [0.1, 0.15) is 0 Å². The number of carboxylic acid groups (broad SMARTS) is 1. The molecule has 5 saturated carbocycles. The van der Waals surface area contributed by atoms with Crippen molar-refractivity contribution < 1.29 is 24.5 Å². The Hall–Kier alpha value is -2.34. The van der Waals surface area contributed by atoms with Crippen LogP contribution in [-0.4, -0.2) is 35.0 Å². The number of anilines is 1. The quantitative estimate of drug-likeness (QED) is 0.230. The van der Waals surface area contributed by atoms with Crippen molar-refractivity contribution in [2.24, 2.45) is 56.7 Å². The maximum Gasteiger partial charge on any atom is 0.409 e. The highest BCUT2D eigenvalue weighted by Gasteiger charge is 2.71. The zero-order chi connectivity index (χ0) is 31.9. The second kappa shape index (κ2) is 10.6. The molecule has 0 spiro atoms. The first-order chi connectivity index (χ1) is 20.6. The van der Waals surface area contributed by atoms with E-state index >= 15 is 0 Å². The van der Waals surface area contributed by atoms with Gasteiger partial charge in [-0.05, 0) is 135 Å². The van der Waals surface area contributed by atoms with Gasteiger partial charge in [0.2, 0.25) is 0 Å². The van der Waals surface area contributed by atoms with Gasteiger partial charge in [0.05, 0.1) is 24.0 Å². The number of aliphatic hydroxyl groups is 1. The normalized spacial score (nSPS) is 43.9. The number of para-hydroxylation sites is 1. The number of carbonyl (C=O) groups excluding carboxylic acids is 1. The number of amides is 1. The summed E-state index contributed by atoms with van der Waals surface area (Å²) in [6.45, 7) is 19.5. The van der Waals surface area contributed by atoms with Crippen molar-refractivity contribution >= 4 is 17.7 Å². The second-order valence-corrected chi connectivity index (χ2v) is 17.0. The first-order valence-corrected chi connectivity index (χ1v) is 17.2. The lowest BCUT2D eigenvalue weighted by Crippen LogP contribution is -2.66. The third kappa shape index (κ3) is 4.43. The zero-order valence-corrected chi connectivity index (χ0v) is 27.9. The van der Waals surface area contributed by atoms with E-state index in [2.05, 4.69) is 53.4 Å². The summed E-state index contributed by atoms with van der Waals surface area (Å²) in [5, 5.41) is 22.7. The molecule has 1 amide bonds. The van der Waals surface area contributed by atoms with Crippen molar-refractivity contribution in [2.45, 2.75) is 112 Å². The number of rotatable bonds is 5. The fraction of sp³-hybridized carbons (Fsp3) is 0.737. The van der Waals surface area contributed by atoms with Crippen molar-refractivity contribution in [3.05, 3.63) is 42.0 Å². The van der Waals surface area contributed by atoms with Crippen LogP contribution in [0.2, 0.25) is 0 Å². The number of hydrogen-bond donors (Lipinski definition) is 3. The molecule has 3 N–H and O–H groups in total. The average molecular weight is 606 g/mol. The third-order valence-corrected chi connectivity index (χ3v) is 15.1. The highest BCUT2D eigenvalue weighted by Crippen LogP contribution is 2.77. The Morgan fingerprint density at radius 1 is 0.909 bits per heavy atom. The van der Waals surface area contributed by atoms with Gasteiger partial charge in [-0.2, -0.15) is 0 Å². The summed E-state index contributed by atoms with van der Waals surface area (Å²) in [6, 6.07) is 6.70. The minimum absolute atomic E-state index is 0.0488. The lowest BCUT2D eigenvalue weighted by molar-refractivity contribution is -0.249. The molecule has 10 atom stereocenters. The molecule has 4 unspecified atom stereocenters. The van der Waals surface area contributed by atoms with Crippen molar-refractivity contribution in [2.75, 3.05) is 11.9 Å². The predicted octanol–water partition coefficient (Wildman–Crippen LogP) is 8.95. The van der Waals surface area contributed by atoms with E-state index in [0.29, 0.717) is 36.2 Å². The van der Waals surface area contributed by atoms with Gasteiger partial charge >= 0.3 is 12.1 Å². The largest absolute Gasteiger partial charge is 0.465 e. The van der Waals surface area contributed by atoms with Crippen LogP contribution in [0.3, 0.4) is 0 Å². The first kappa shape index (κ1) is 31.6. The van der Waals surface area contributed by atoms with Crippen LogP contribution >= 0.6 is 0 Å². The number of allylic oxidation sites excluding steroid dienone is 1. The van der Waals surface area contributed by atoms with Gasteiger partial charge in [-0.15, -0.1) is 0 Å².